The van der Waals surface area contributed by atoms with Crippen molar-refractivity contribution in [3.8, 4) is 78.1 Å². The fourth-order valence-electron chi connectivity index (χ4n) is 7.70. The number of furan rings is 1. The van der Waals surface area contributed by atoms with E-state index in [1.807, 2.05) is 6.07 Å². The van der Waals surface area contributed by atoms with Crippen LogP contribution in [0, 0.1) is 0 Å². The van der Waals surface area contributed by atoms with Gasteiger partial charge >= 0.3 is 0 Å². The lowest BCUT2D eigenvalue weighted by atomic mass is 9.92. The fraction of sp³-hybridized carbons (Fsp3) is 0. The van der Waals surface area contributed by atoms with Gasteiger partial charge in [0.25, 0.3) is 0 Å². The molecule has 2 aromatic heterocycles. The van der Waals surface area contributed by atoms with E-state index in [-0.39, 0.29) is 0 Å². The Morgan fingerprint density at radius 2 is 0.727 bits per heavy atom. The van der Waals surface area contributed by atoms with E-state index >= 15 is 0 Å². The Balaban J connectivity index is 1.19. The maximum Gasteiger partial charge on any atom is 0.143 e. The maximum atomic E-state index is 6.88. The summed E-state index contributed by atoms with van der Waals surface area (Å²) in [5.74, 6) is 0. The molecule has 8 aromatic carbocycles. The number of fused-ring (bicyclic) bond motifs is 3. The minimum Gasteiger partial charge on any atom is -0.455 e. The third-order valence-electron chi connectivity index (χ3n) is 10.5. The molecular weight excluding hydrogens is 667 g/mol. The van der Waals surface area contributed by atoms with Crippen LogP contribution in [0.25, 0.3) is 100 Å². The Hall–Kier alpha value is -7.29. The molecule has 0 aliphatic rings. The molecule has 0 aliphatic heterocycles. The standard InChI is InChI=1S/C53H35NO/c1-5-14-36(15-6-1)39-24-26-41(27-25-39)44-32-47(42-30-28-40(29-31-42)37-16-7-2-8-17-37)53-48(33-44)52-46(22-13-23-51(52)55-53)50-35-45(38-18-9-3-10-19-38)34-49(54-50)43-20-11-4-12-21-43/h1-35H. The van der Waals surface area contributed by atoms with E-state index in [2.05, 4.69) is 206 Å². The number of rotatable bonds is 7. The molecule has 0 saturated carbocycles. The summed E-state index contributed by atoms with van der Waals surface area (Å²) in [4.78, 5) is 5.33. The molecule has 55 heavy (non-hydrogen) atoms. The Morgan fingerprint density at radius 3 is 1.29 bits per heavy atom. The van der Waals surface area contributed by atoms with Gasteiger partial charge in [-0.25, -0.2) is 4.98 Å². The molecule has 0 unspecified atom stereocenters. The zero-order valence-corrected chi connectivity index (χ0v) is 30.1. The highest BCUT2D eigenvalue weighted by molar-refractivity contribution is 6.16. The number of nitrogens with zero attached hydrogens (tertiary/aromatic N) is 1. The monoisotopic (exact) mass is 701 g/mol. The van der Waals surface area contributed by atoms with Crippen LogP contribution < -0.4 is 0 Å². The predicted octanol–water partition coefficient (Wildman–Crippen LogP) is 14.6. The van der Waals surface area contributed by atoms with Gasteiger partial charge in [-0.2, -0.15) is 0 Å². The second-order valence-electron chi connectivity index (χ2n) is 13.9. The molecule has 0 amide bonds. The summed E-state index contributed by atoms with van der Waals surface area (Å²) in [6, 6.07) is 75.1. The average Bonchev–Trinajstić information content (AvgIpc) is 3.66. The average molecular weight is 702 g/mol. The van der Waals surface area contributed by atoms with Crippen molar-refractivity contribution in [1.29, 1.82) is 0 Å². The van der Waals surface area contributed by atoms with Gasteiger partial charge in [-0.15, -0.1) is 0 Å². The first-order chi connectivity index (χ1) is 27.2. The van der Waals surface area contributed by atoms with Gasteiger partial charge in [0.2, 0.25) is 0 Å². The lowest BCUT2D eigenvalue weighted by Gasteiger charge is -2.12. The van der Waals surface area contributed by atoms with Gasteiger partial charge in [0.05, 0.1) is 11.4 Å². The van der Waals surface area contributed by atoms with Crippen LogP contribution >= 0.6 is 0 Å². The normalized spacial score (nSPS) is 11.3. The SMILES string of the molecule is c1ccc(-c2ccc(-c3cc(-c4ccc(-c5ccccc5)cc4)c4oc5cccc(-c6cc(-c7ccccc7)cc(-c7ccccc7)n6)c5c4c3)cc2)cc1. The van der Waals surface area contributed by atoms with Crippen molar-refractivity contribution in [2.45, 2.75) is 0 Å². The van der Waals surface area contributed by atoms with Crippen molar-refractivity contribution in [3.05, 3.63) is 212 Å². The van der Waals surface area contributed by atoms with E-state index in [0.29, 0.717) is 0 Å². The molecule has 258 valence electrons. The number of benzene rings is 8. The number of hydrogen-bond donors (Lipinski definition) is 0. The molecular formula is C53H35NO. The summed E-state index contributed by atoms with van der Waals surface area (Å²) in [6.45, 7) is 0. The van der Waals surface area contributed by atoms with Gasteiger partial charge in [-0.3, -0.25) is 0 Å². The highest BCUT2D eigenvalue weighted by Crippen LogP contribution is 2.44. The smallest absolute Gasteiger partial charge is 0.143 e. The lowest BCUT2D eigenvalue weighted by molar-refractivity contribution is 0.670. The van der Waals surface area contributed by atoms with Crippen molar-refractivity contribution in [3.63, 3.8) is 0 Å². The fourth-order valence-corrected chi connectivity index (χ4v) is 7.70. The minimum absolute atomic E-state index is 0.833. The van der Waals surface area contributed by atoms with Crippen molar-refractivity contribution >= 4 is 21.9 Å². The summed E-state index contributed by atoms with van der Waals surface area (Å²) in [5.41, 5.74) is 17.1. The lowest BCUT2D eigenvalue weighted by Crippen LogP contribution is -1.92. The first-order valence-electron chi connectivity index (χ1n) is 18.7. The Labute approximate surface area is 320 Å². The van der Waals surface area contributed by atoms with Crippen LogP contribution in [0.1, 0.15) is 0 Å². The summed E-state index contributed by atoms with van der Waals surface area (Å²) in [6.07, 6.45) is 0. The van der Waals surface area contributed by atoms with E-state index in [0.717, 1.165) is 77.8 Å². The second-order valence-corrected chi connectivity index (χ2v) is 13.9. The molecule has 0 aliphatic carbocycles. The largest absolute Gasteiger partial charge is 0.455 e. The van der Waals surface area contributed by atoms with Crippen molar-refractivity contribution < 1.29 is 4.42 Å². The van der Waals surface area contributed by atoms with Crippen LogP contribution in [0.3, 0.4) is 0 Å². The first-order valence-corrected chi connectivity index (χ1v) is 18.7. The molecule has 0 N–H and O–H groups in total. The van der Waals surface area contributed by atoms with Crippen LogP contribution in [0.4, 0.5) is 0 Å². The third-order valence-corrected chi connectivity index (χ3v) is 10.5. The zero-order chi connectivity index (χ0) is 36.6. The second kappa shape index (κ2) is 13.9. The molecule has 0 spiro atoms. The van der Waals surface area contributed by atoms with Gasteiger partial charge in [0.1, 0.15) is 11.2 Å². The highest BCUT2D eigenvalue weighted by atomic mass is 16.3. The quantitative estimate of drug-likeness (QED) is 0.165. The van der Waals surface area contributed by atoms with Gasteiger partial charge in [0, 0.05) is 27.5 Å². The number of pyridine rings is 1. The van der Waals surface area contributed by atoms with E-state index in [4.69, 9.17) is 9.40 Å². The van der Waals surface area contributed by atoms with Gasteiger partial charge in [0.15, 0.2) is 0 Å². The van der Waals surface area contributed by atoms with Crippen LogP contribution in [0.5, 0.6) is 0 Å². The van der Waals surface area contributed by atoms with E-state index in [9.17, 15) is 0 Å². The molecule has 2 heterocycles. The summed E-state index contributed by atoms with van der Waals surface area (Å²) in [7, 11) is 0. The number of aromatic nitrogens is 1. The predicted molar refractivity (Wildman–Crippen MR) is 230 cm³/mol. The molecule has 10 aromatic rings. The summed E-state index contributed by atoms with van der Waals surface area (Å²) < 4.78 is 6.88. The van der Waals surface area contributed by atoms with Crippen LogP contribution in [-0.4, -0.2) is 4.98 Å². The van der Waals surface area contributed by atoms with Gasteiger partial charge < -0.3 is 4.42 Å². The van der Waals surface area contributed by atoms with E-state index in [1.165, 1.54) is 22.3 Å². The van der Waals surface area contributed by atoms with Crippen LogP contribution in [0.2, 0.25) is 0 Å². The molecule has 0 fully saturated rings. The molecule has 0 atom stereocenters. The molecule has 10 rings (SSSR count). The summed E-state index contributed by atoms with van der Waals surface area (Å²) >= 11 is 0. The van der Waals surface area contributed by atoms with Gasteiger partial charge in [-0.05, 0) is 80.4 Å². The van der Waals surface area contributed by atoms with E-state index < -0.39 is 0 Å². The maximum absolute atomic E-state index is 6.88. The molecule has 2 heteroatoms. The van der Waals surface area contributed by atoms with Crippen LogP contribution in [0.15, 0.2) is 217 Å². The Kier molecular flexibility index (Phi) is 8.20. The van der Waals surface area contributed by atoms with E-state index in [1.54, 1.807) is 0 Å². The van der Waals surface area contributed by atoms with Crippen LogP contribution in [-0.2, 0) is 0 Å². The number of hydrogen-bond acceptors (Lipinski definition) is 2. The molecule has 0 bridgehead atoms. The topological polar surface area (TPSA) is 26.0 Å². The third kappa shape index (κ3) is 6.20. The van der Waals surface area contributed by atoms with Crippen molar-refractivity contribution in [2.75, 3.05) is 0 Å². The first kappa shape index (κ1) is 32.4. The molecule has 0 saturated heterocycles. The summed E-state index contributed by atoms with van der Waals surface area (Å²) in [5, 5.41) is 2.12. The highest BCUT2D eigenvalue weighted by Gasteiger charge is 2.20. The minimum atomic E-state index is 0.833. The Morgan fingerprint density at radius 1 is 0.291 bits per heavy atom. The molecule has 2 nitrogen and oxygen atoms in total. The van der Waals surface area contributed by atoms with Gasteiger partial charge in [-0.1, -0.05) is 182 Å². The zero-order valence-electron chi connectivity index (χ0n) is 30.1. The van der Waals surface area contributed by atoms with Crippen molar-refractivity contribution in [1.82, 2.24) is 4.98 Å². The molecule has 0 radical (unpaired) electrons. The van der Waals surface area contributed by atoms with Crippen molar-refractivity contribution in [2.24, 2.45) is 0 Å². The Bertz CT molecular complexity index is 2860.